The van der Waals surface area contributed by atoms with Crippen molar-refractivity contribution >= 4 is 21.4 Å². The first kappa shape index (κ1) is 12.2. The van der Waals surface area contributed by atoms with E-state index in [1.54, 1.807) is 19.1 Å². The van der Waals surface area contributed by atoms with E-state index in [1.165, 1.54) is 19.3 Å². The number of anilines is 2. The Morgan fingerprint density at radius 2 is 1.76 bits per heavy atom. The summed E-state index contributed by atoms with van der Waals surface area (Å²) >= 11 is 0. The van der Waals surface area contributed by atoms with Gasteiger partial charge in [0, 0.05) is 17.4 Å². The van der Waals surface area contributed by atoms with Crippen molar-refractivity contribution in [1.82, 2.24) is 0 Å². The van der Waals surface area contributed by atoms with Crippen molar-refractivity contribution in [3.05, 3.63) is 24.3 Å². The van der Waals surface area contributed by atoms with Gasteiger partial charge in [-0.2, -0.15) is 0 Å². The van der Waals surface area contributed by atoms with E-state index in [0.717, 1.165) is 5.69 Å². The van der Waals surface area contributed by atoms with Crippen LogP contribution in [-0.2, 0) is 10.0 Å². The molecule has 1 saturated carbocycles. The summed E-state index contributed by atoms with van der Waals surface area (Å²) in [5.74, 6) is 0.0923. The summed E-state index contributed by atoms with van der Waals surface area (Å²) in [7, 11) is -3.17. The van der Waals surface area contributed by atoms with Gasteiger partial charge in [-0.15, -0.1) is 0 Å². The summed E-state index contributed by atoms with van der Waals surface area (Å²) in [5, 5.41) is 3.41. The molecule has 5 heteroatoms. The summed E-state index contributed by atoms with van der Waals surface area (Å²) in [5.41, 5.74) is 1.67. The van der Waals surface area contributed by atoms with Gasteiger partial charge in [-0.3, -0.25) is 4.72 Å². The first-order chi connectivity index (χ1) is 8.09. The van der Waals surface area contributed by atoms with Crippen LogP contribution in [0, 0.1) is 0 Å². The van der Waals surface area contributed by atoms with Crippen LogP contribution in [0.3, 0.4) is 0 Å². The Morgan fingerprint density at radius 1 is 1.18 bits per heavy atom. The number of rotatable bonds is 5. The monoisotopic (exact) mass is 254 g/mol. The maximum Gasteiger partial charge on any atom is 0.232 e. The average molecular weight is 254 g/mol. The summed E-state index contributed by atoms with van der Waals surface area (Å²) in [6, 6.07) is 7.98. The van der Waals surface area contributed by atoms with Crippen LogP contribution in [0.15, 0.2) is 24.3 Å². The molecule has 1 fully saturated rings. The Morgan fingerprint density at radius 3 is 2.24 bits per heavy atom. The Labute approximate surface area is 102 Å². The second kappa shape index (κ2) is 4.96. The molecule has 0 aliphatic heterocycles. The van der Waals surface area contributed by atoms with Gasteiger partial charge >= 0.3 is 0 Å². The SMILES string of the molecule is CCS(=O)(=O)Nc1ccc(NC2CCC2)cc1. The molecule has 2 rings (SSSR count). The van der Waals surface area contributed by atoms with Crippen LogP contribution in [0.1, 0.15) is 26.2 Å². The van der Waals surface area contributed by atoms with Gasteiger partial charge in [0.1, 0.15) is 0 Å². The number of benzene rings is 1. The van der Waals surface area contributed by atoms with Crippen molar-refractivity contribution in [1.29, 1.82) is 0 Å². The van der Waals surface area contributed by atoms with Crippen molar-refractivity contribution in [3.8, 4) is 0 Å². The summed E-state index contributed by atoms with van der Waals surface area (Å²) in [4.78, 5) is 0. The van der Waals surface area contributed by atoms with Gasteiger partial charge in [-0.05, 0) is 50.5 Å². The van der Waals surface area contributed by atoms with E-state index in [0.29, 0.717) is 11.7 Å². The standard InChI is InChI=1S/C12H18N2O2S/c1-2-17(15,16)14-12-8-6-11(7-9-12)13-10-4-3-5-10/h6-10,13-14H,2-5H2,1H3. The highest BCUT2D eigenvalue weighted by Gasteiger charge is 2.16. The van der Waals surface area contributed by atoms with E-state index in [1.807, 2.05) is 12.1 Å². The molecule has 1 aromatic rings. The lowest BCUT2D eigenvalue weighted by molar-refractivity contribution is 0.445. The molecule has 1 aliphatic rings. The van der Waals surface area contributed by atoms with Crippen LogP contribution in [-0.4, -0.2) is 20.2 Å². The van der Waals surface area contributed by atoms with Crippen molar-refractivity contribution in [2.24, 2.45) is 0 Å². The van der Waals surface area contributed by atoms with E-state index in [9.17, 15) is 8.42 Å². The average Bonchev–Trinajstić information content (AvgIpc) is 2.25. The third kappa shape index (κ3) is 3.36. The highest BCUT2D eigenvalue weighted by Crippen LogP contribution is 2.24. The van der Waals surface area contributed by atoms with Gasteiger partial charge in [0.15, 0.2) is 0 Å². The normalized spacial score (nSPS) is 16.3. The number of sulfonamides is 1. The Bertz CT molecular complexity index is 464. The number of nitrogens with one attached hydrogen (secondary N) is 2. The molecule has 94 valence electrons. The van der Waals surface area contributed by atoms with Crippen molar-refractivity contribution < 1.29 is 8.42 Å². The molecule has 1 aromatic carbocycles. The molecule has 0 heterocycles. The van der Waals surface area contributed by atoms with Crippen LogP contribution in [0.2, 0.25) is 0 Å². The van der Waals surface area contributed by atoms with Gasteiger partial charge in [0.2, 0.25) is 10.0 Å². The van der Waals surface area contributed by atoms with E-state index in [4.69, 9.17) is 0 Å². The van der Waals surface area contributed by atoms with Crippen molar-refractivity contribution in [2.45, 2.75) is 32.2 Å². The lowest BCUT2D eigenvalue weighted by atomic mass is 9.93. The maximum atomic E-state index is 11.4. The first-order valence-corrected chi connectivity index (χ1v) is 7.61. The summed E-state index contributed by atoms with van der Waals surface area (Å²) in [6.07, 6.45) is 3.75. The fourth-order valence-electron chi connectivity index (χ4n) is 1.67. The molecule has 17 heavy (non-hydrogen) atoms. The molecule has 0 saturated heterocycles. The first-order valence-electron chi connectivity index (χ1n) is 5.96. The molecule has 4 nitrogen and oxygen atoms in total. The smallest absolute Gasteiger partial charge is 0.232 e. The minimum Gasteiger partial charge on any atom is -0.382 e. The molecule has 1 aliphatic carbocycles. The second-order valence-corrected chi connectivity index (χ2v) is 6.37. The van der Waals surface area contributed by atoms with Crippen molar-refractivity contribution in [3.63, 3.8) is 0 Å². The van der Waals surface area contributed by atoms with E-state index in [2.05, 4.69) is 10.0 Å². The molecule has 2 N–H and O–H groups in total. The predicted octanol–water partition coefficient (Wildman–Crippen LogP) is 2.41. The maximum absolute atomic E-state index is 11.4. The lowest BCUT2D eigenvalue weighted by Gasteiger charge is -2.27. The Balaban J connectivity index is 1.97. The predicted molar refractivity (Wildman–Crippen MR) is 70.8 cm³/mol. The largest absolute Gasteiger partial charge is 0.382 e. The third-order valence-corrected chi connectivity index (χ3v) is 4.32. The molecule has 0 bridgehead atoms. The third-order valence-electron chi connectivity index (χ3n) is 3.01. The molecule has 0 spiro atoms. The van der Waals surface area contributed by atoms with Gasteiger partial charge in [-0.1, -0.05) is 0 Å². The summed E-state index contributed by atoms with van der Waals surface area (Å²) in [6.45, 7) is 1.62. The second-order valence-electron chi connectivity index (χ2n) is 4.36. The zero-order chi connectivity index (χ0) is 12.3. The number of hydrogen-bond donors (Lipinski definition) is 2. The fraction of sp³-hybridized carbons (Fsp3) is 0.500. The van der Waals surface area contributed by atoms with E-state index in [-0.39, 0.29) is 5.75 Å². The van der Waals surface area contributed by atoms with Crippen LogP contribution < -0.4 is 10.0 Å². The minimum atomic E-state index is -3.17. The molecular formula is C12H18N2O2S. The summed E-state index contributed by atoms with van der Waals surface area (Å²) < 4.78 is 25.2. The van der Waals surface area contributed by atoms with Crippen LogP contribution in [0.4, 0.5) is 11.4 Å². The quantitative estimate of drug-likeness (QED) is 0.848. The Kier molecular flexibility index (Phi) is 3.57. The van der Waals surface area contributed by atoms with Gasteiger partial charge in [0.05, 0.1) is 5.75 Å². The molecule has 0 radical (unpaired) electrons. The van der Waals surface area contributed by atoms with Gasteiger partial charge < -0.3 is 5.32 Å². The number of hydrogen-bond acceptors (Lipinski definition) is 3. The van der Waals surface area contributed by atoms with Crippen molar-refractivity contribution in [2.75, 3.05) is 15.8 Å². The molecule has 0 amide bonds. The zero-order valence-electron chi connectivity index (χ0n) is 9.94. The van der Waals surface area contributed by atoms with Crippen LogP contribution >= 0.6 is 0 Å². The highest BCUT2D eigenvalue weighted by atomic mass is 32.2. The fourth-order valence-corrected chi connectivity index (χ4v) is 2.31. The molecular weight excluding hydrogens is 236 g/mol. The van der Waals surface area contributed by atoms with Gasteiger partial charge in [-0.25, -0.2) is 8.42 Å². The molecule has 0 aromatic heterocycles. The van der Waals surface area contributed by atoms with Gasteiger partial charge in [0.25, 0.3) is 0 Å². The van der Waals surface area contributed by atoms with E-state index < -0.39 is 10.0 Å². The minimum absolute atomic E-state index is 0.0923. The lowest BCUT2D eigenvalue weighted by Crippen LogP contribution is -2.26. The highest BCUT2D eigenvalue weighted by molar-refractivity contribution is 7.92. The van der Waals surface area contributed by atoms with Crippen LogP contribution in [0.5, 0.6) is 0 Å². The molecule has 0 unspecified atom stereocenters. The van der Waals surface area contributed by atoms with Crippen LogP contribution in [0.25, 0.3) is 0 Å². The van der Waals surface area contributed by atoms with E-state index >= 15 is 0 Å². The topological polar surface area (TPSA) is 58.2 Å². The molecule has 0 atom stereocenters. The Hall–Kier alpha value is -1.23. The zero-order valence-corrected chi connectivity index (χ0v) is 10.8.